The van der Waals surface area contributed by atoms with E-state index in [0.717, 1.165) is 28.6 Å². The van der Waals surface area contributed by atoms with Crippen molar-refractivity contribution < 1.29 is 18.7 Å². The summed E-state index contributed by atoms with van der Waals surface area (Å²) in [6.07, 6.45) is 2.75. The third-order valence-electron chi connectivity index (χ3n) is 6.25. The molecule has 3 aromatic heterocycles. The molecule has 3 aromatic rings. The van der Waals surface area contributed by atoms with Gasteiger partial charge in [-0.05, 0) is 37.8 Å². The van der Waals surface area contributed by atoms with E-state index in [1.165, 1.54) is 11.3 Å². The van der Waals surface area contributed by atoms with E-state index in [2.05, 4.69) is 25.9 Å². The number of aromatic nitrogens is 3. The summed E-state index contributed by atoms with van der Waals surface area (Å²) in [4.78, 5) is 26.0. The number of carbonyl (C=O) groups excluding carboxylic acids is 1. The number of halogens is 2. The second kappa shape index (κ2) is 9.24. The van der Waals surface area contributed by atoms with Crippen LogP contribution in [-0.4, -0.2) is 50.4 Å². The zero-order chi connectivity index (χ0) is 22.9. The third kappa shape index (κ3) is 4.80. The van der Waals surface area contributed by atoms with Gasteiger partial charge in [0.25, 0.3) is 6.43 Å². The molecule has 4 atom stereocenters. The first-order chi connectivity index (χ1) is 16.0. The molecule has 2 aliphatic rings. The van der Waals surface area contributed by atoms with Gasteiger partial charge in [0.05, 0.1) is 17.0 Å². The number of fused-ring (bicyclic) bond motifs is 3. The van der Waals surface area contributed by atoms with Crippen molar-refractivity contribution in [1.82, 2.24) is 20.3 Å². The lowest BCUT2D eigenvalue weighted by Crippen LogP contribution is -2.55. The van der Waals surface area contributed by atoms with Gasteiger partial charge in [-0.15, -0.1) is 0 Å². The molecule has 0 saturated carbocycles. The molecular weight excluding hydrogens is 450 g/mol. The number of nitrogens with one attached hydrogen (secondary N) is 3. The number of piperidine rings is 2. The number of hydrogen-bond donors (Lipinski definition) is 4. The van der Waals surface area contributed by atoms with Gasteiger partial charge in [-0.25, -0.2) is 18.7 Å². The zero-order valence-electron chi connectivity index (χ0n) is 17.7. The fourth-order valence-corrected chi connectivity index (χ4v) is 5.56. The summed E-state index contributed by atoms with van der Waals surface area (Å²) in [7, 11) is 0. The molecule has 2 aliphatic heterocycles. The van der Waals surface area contributed by atoms with Gasteiger partial charge < -0.3 is 21.1 Å². The largest absolute Gasteiger partial charge is 0.391 e. The van der Waals surface area contributed by atoms with Crippen LogP contribution < -0.4 is 16.0 Å². The number of alkyl halides is 2. The lowest BCUT2D eigenvalue weighted by molar-refractivity contribution is -0.135. The number of carbonyl (C=O) groups is 1. The minimum absolute atomic E-state index is 0.0145. The quantitative estimate of drug-likeness (QED) is 0.412. The van der Waals surface area contributed by atoms with Crippen molar-refractivity contribution in [3.05, 3.63) is 35.5 Å². The van der Waals surface area contributed by atoms with Crippen LogP contribution in [0, 0.1) is 5.92 Å². The molecule has 11 heteroatoms. The van der Waals surface area contributed by atoms with E-state index < -0.39 is 18.1 Å². The van der Waals surface area contributed by atoms with Crippen LogP contribution in [0.5, 0.6) is 0 Å². The topological polar surface area (TPSA) is 112 Å². The van der Waals surface area contributed by atoms with Gasteiger partial charge in [-0.1, -0.05) is 11.3 Å². The number of aliphatic hydroxyl groups is 1. The highest BCUT2D eigenvalue weighted by atomic mass is 32.1. The van der Waals surface area contributed by atoms with E-state index in [1.807, 2.05) is 18.2 Å². The Morgan fingerprint density at radius 2 is 2.03 bits per heavy atom. The molecule has 2 fully saturated rings. The highest BCUT2D eigenvalue weighted by Gasteiger charge is 2.40. The predicted molar refractivity (Wildman–Crippen MR) is 122 cm³/mol. The van der Waals surface area contributed by atoms with Gasteiger partial charge in [0.15, 0.2) is 5.13 Å². The summed E-state index contributed by atoms with van der Waals surface area (Å²) in [6, 6.07) is 5.78. The van der Waals surface area contributed by atoms with Gasteiger partial charge >= 0.3 is 0 Å². The van der Waals surface area contributed by atoms with E-state index in [-0.39, 0.29) is 24.7 Å². The first kappa shape index (κ1) is 22.1. The molecule has 0 aliphatic carbocycles. The standard InChI is InChI=1S/C22H24F2N6O2S/c23-20(24)19(32)11-4-12-6-14(7-13(5-11)27-12)28-21-16-2-1-3-25-17(16)8-18(29-21)30-22-26-9-15(10-31)33-22/h1-3,8-9,11-14,20,27,31H,4-7,10H2,(H2,26,28,29,30)/t11?,12-,13+,14?. The first-order valence-corrected chi connectivity index (χ1v) is 11.7. The monoisotopic (exact) mass is 474 g/mol. The van der Waals surface area contributed by atoms with Crippen LogP contribution >= 0.6 is 11.3 Å². The fraction of sp³-hybridized carbons (Fsp3) is 0.455. The van der Waals surface area contributed by atoms with Crippen LogP contribution in [0.1, 0.15) is 30.6 Å². The lowest BCUT2D eigenvalue weighted by atomic mass is 9.76. The molecule has 0 amide bonds. The zero-order valence-corrected chi connectivity index (χ0v) is 18.5. The van der Waals surface area contributed by atoms with E-state index >= 15 is 0 Å². The minimum atomic E-state index is -2.90. The van der Waals surface area contributed by atoms with Crippen LogP contribution in [0.4, 0.5) is 25.5 Å². The van der Waals surface area contributed by atoms with Crippen LogP contribution in [0.25, 0.3) is 10.9 Å². The molecular formula is C22H24F2N6O2S. The molecule has 2 bridgehead atoms. The molecule has 0 spiro atoms. The summed E-state index contributed by atoms with van der Waals surface area (Å²) >= 11 is 1.35. The number of rotatable bonds is 7. The number of aliphatic hydroxyl groups excluding tert-OH is 1. The predicted octanol–water partition coefficient (Wildman–Crippen LogP) is 3.47. The number of nitrogens with zero attached hydrogens (tertiary/aromatic N) is 3. The summed E-state index contributed by atoms with van der Waals surface area (Å²) in [6.45, 7) is -0.0688. The summed E-state index contributed by atoms with van der Waals surface area (Å²) in [5.41, 5.74) is 0.771. The molecule has 5 heterocycles. The van der Waals surface area contributed by atoms with Gasteiger partial charge in [0, 0.05) is 47.9 Å². The van der Waals surface area contributed by atoms with Crippen molar-refractivity contribution in [2.75, 3.05) is 10.6 Å². The van der Waals surface area contributed by atoms with Crippen LogP contribution in [0.3, 0.4) is 0 Å². The Morgan fingerprint density at radius 1 is 1.24 bits per heavy atom. The second-order valence-electron chi connectivity index (χ2n) is 8.59. The SMILES string of the molecule is O=C(C(F)F)C1C[C@H]2CC(Nc3nc(Nc4ncc(CO)s4)cc4ncccc34)C[C@@H](C1)N2. The summed E-state index contributed by atoms with van der Waals surface area (Å²) in [5.74, 6) is -0.228. The average molecular weight is 475 g/mol. The van der Waals surface area contributed by atoms with E-state index in [1.54, 1.807) is 12.4 Å². The van der Waals surface area contributed by atoms with E-state index in [4.69, 9.17) is 4.98 Å². The number of ketones is 1. The van der Waals surface area contributed by atoms with Gasteiger partial charge in [0.2, 0.25) is 5.78 Å². The van der Waals surface area contributed by atoms with Crippen LogP contribution in [0.15, 0.2) is 30.6 Å². The minimum Gasteiger partial charge on any atom is -0.391 e. The molecule has 2 saturated heterocycles. The van der Waals surface area contributed by atoms with Crippen molar-refractivity contribution in [1.29, 1.82) is 0 Å². The number of anilines is 3. The highest BCUT2D eigenvalue weighted by Crippen LogP contribution is 2.34. The number of Topliss-reactive ketones (excluding diaryl/α,β-unsaturated/α-hetero) is 1. The molecule has 174 valence electrons. The Labute approximate surface area is 192 Å². The highest BCUT2D eigenvalue weighted by molar-refractivity contribution is 7.15. The van der Waals surface area contributed by atoms with Gasteiger partial charge in [-0.2, -0.15) is 0 Å². The Morgan fingerprint density at radius 3 is 2.73 bits per heavy atom. The summed E-state index contributed by atoms with van der Waals surface area (Å²) < 4.78 is 25.8. The maximum atomic E-state index is 12.9. The van der Waals surface area contributed by atoms with Crippen molar-refractivity contribution in [2.24, 2.45) is 5.92 Å². The average Bonchev–Trinajstić information content (AvgIpc) is 3.25. The first-order valence-electron chi connectivity index (χ1n) is 10.9. The molecule has 8 nitrogen and oxygen atoms in total. The number of pyridine rings is 2. The molecule has 33 heavy (non-hydrogen) atoms. The molecule has 2 unspecified atom stereocenters. The Bertz CT molecular complexity index is 1140. The van der Waals surface area contributed by atoms with Gasteiger partial charge in [0.1, 0.15) is 11.6 Å². The smallest absolute Gasteiger partial charge is 0.296 e. The van der Waals surface area contributed by atoms with E-state index in [9.17, 15) is 18.7 Å². The third-order valence-corrected chi connectivity index (χ3v) is 7.15. The summed E-state index contributed by atoms with van der Waals surface area (Å²) in [5, 5.41) is 21.0. The van der Waals surface area contributed by atoms with Crippen LogP contribution in [-0.2, 0) is 11.4 Å². The van der Waals surface area contributed by atoms with Crippen molar-refractivity contribution in [2.45, 2.75) is 56.8 Å². The van der Waals surface area contributed by atoms with Crippen molar-refractivity contribution in [3.63, 3.8) is 0 Å². The molecule has 4 N–H and O–H groups in total. The molecule has 0 aromatic carbocycles. The Balaban J connectivity index is 1.35. The lowest BCUT2D eigenvalue weighted by Gasteiger charge is -2.43. The maximum absolute atomic E-state index is 12.9. The fourth-order valence-electron chi connectivity index (χ4n) is 4.88. The Kier molecular flexibility index (Phi) is 6.17. The van der Waals surface area contributed by atoms with Gasteiger partial charge in [-0.3, -0.25) is 9.78 Å². The number of hydrogen-bond acceptors (Lipinski definition) is 9. The van der Waals surface area contributed by atoms with Crippen molar-refractivity contribution >= 4 is 44.8 Å². The maximum Gasteiger partial charge on any atom is 0.296 e. The molecule has 5 rings (SSSR count). The molecule has 0 radical (unpaired) electrons. The number of thiazole rings is 1. The normalized spacial score (nSPS) is 24.7. The van der Waals surface area contributed by atoms with E-state index in [0.29, 0.717) is 29.6 Å². The second-order valence-corrected chi connectivity index (χ2v) is 9.70. The van der Waals surface area contributed by atoms with Crippen LogP contribution in [0.2, 0.25) is 0 Å². The van der Waals surface area contributed by atoms with Crippen molar-refractivity contribution in [3.8, 4) is 0 Å². The Hall–Kier alpha value is -2.76.